The molecule has 0 bridgehead atoms. The molecule has 4 aromatic rings. The molecule has 0 aliphatic heterocycles. The van der Waals surface area contributed by atoms with Gasteiger partial charge in [-0.1, -0.05) is 29.8 Å². The van der Waals surface area contributed by atoms with Crippen LogP contribution in [0.25, 0.3) is 10.9 Å². The average Bonchev–Trinajstić information content (AvgIpc) is 3.72. The third-order valence-electron chi connectivity index (χ3n) is 6.29. The molecule has 0 atom stereocenters. The highest BCUT2D eigenvalue weighted by Crippen LogP contribution is 2.39. The standard InChI is InChI=1S/C28H27N3O4/c1-17-4-6-18(7-5-17)16-31-26(19-8-9-19)30-23-12-11-21(15-22(23)28(31)33)29-27(32)20-10-13-24(34-2)25(14-20)35-3/h4-7,10-15,19H,8-9,16H2,1-3H3,(H,29,32). The largest absolute Gasteiger partial charge is 0.493 e. The molecule has 1 aliphatic carbocycles. The molecule has 178 valence electrons. The molecule has 1 saturated carbocycles. The fraction of sp³-hybridized carbons (Fsp3) is 0.250. The molecule has 1 aliphatic rings. The quantitative estimate of drug-likeness (QED) is 0.416. The van der Waals surface area contributed by atoms with Crippen molar-refractivity contribution in [2.24, 2.45) is 0 Å². The number of hydrogen-bond acceptors (Lipinski definition) is 5. The molecule has 1 fully saturated rings. The zero-order chi connectivity index (χ0) is 24.5. The highest BCUT2D eigenvalue weighted by Gasteiger charge is 2.29. The van der Waals surface area contributed by atoms with Gasteiger partial charge in [-0.05, 0) is 61.7 Å². The number of carbonyl (C=O) groups is 1. The number of anilines is 1. The van der Waals surface area contributed by atoms with E-state index in [-0.39, 0.29) is 11.5 Å². The van der Waals surface area contributed by atoms with Gasteiger partial charge < -0.3 is 14.8 Å². The summed E-state index contributed by atoms with van der Waals surface area (Å²) in [6.45, 7) is 2.51. The SMILES string of the molecule is COc1ccc(C(=O)Nc2ccc3nc(C4CC4)n(Cc4ccc(C)cc4)c(=O)c3c2)cc1OC. The lowest BCUT2D eigenvalue weighted by Crippen LogP contribution is -2.26. The maximum atomic E-state index is 13.6. The van der Waals surface area contributed by atoms with Crippen LogP contribution in [0.1, 0.15) is 46.1 Å². The number of hydrogen-bond donors (Lipinski definition) is 1. The van der Waals surface area contributed by atoms with Crippen LogP contribution < -0.4 is 20.3 Å². The van der Waals surface area contributed by atoms with Crippen LogP contribution >= 0.6 is 0 Å². The van der Waals surface area contributed by atoms with Gasteiger partial charge in [-0.3, -0.25) is 14.2 Å². The van der Waals surface area contributed by atoms with Crippen LogP contribution in [0, 0.1) is 6.92 Å². The first-order chi connectivity index (χ1) is 17.0. The Morgan fingerprint density at radius 2 is 1.74 bits per heavy atom. The predicted octanol–water partition coefficient (Wildman–Crippen LogP) is 4.90. The van der Waals surface area contributed by atoms with Crippen molar-refractivity contribution in [3.05, 3.63) is 93.5 Å². The summed E-state index contributed by atoms with van der Waals surface area (Å²) in [5, 5.41) is 3.36. The Balaban J connectivity index is 1.49. The van der Waals surface area contributed by atoms with Crippen molar-refractivity contribution in [2.75, 3.05) is 19.5 Å². The summed E-state index contributed by atoms with van der Waals surface area (Å²) in [6.07, 6.45) is 2.09. The first kappa shape index (κ1) is 22.7. The van der Waals surface area contributed by atoms with E-state index in [0.29, 0.717) is 46.1 Å². The summed E-state index contributed by atoms with van der Waals surface area (Å²) in [6, 6.07) is 18.4. The van der Waals surface area contributed by atoms with E-state index in [9.17, 15) is 9.59 Å². The van der Waals surface area contributed by atoms with Crippen molar-refractivity contribution in [1.82, 2.24) is 9.55 Å². The molecule has 7 heteroatoms. The monoisotopic (exact) mass is 469 g/mol. The van der Waals surface area contributed by atoms with Gasteiger partial charge >= 0.3 is 0 Å². The van der Waals surface area contributed by atoms with Crippen molar-refractivity contribution < 1.29 is 14.3 Å². The third kappa shape index (κ3) is 4.62. The summed E-state index contributed by atoms with van der Waals surface area (Å²) in [5.41, 5.74) is 3.72. The number of nitrogens with one attached hydrogen (secondary N) is 1. The highest BCUT2D eigenvalue weighted by molar-refractivity contribution is 6.05. The molecule has 0 saturated heterocycles. The first-order valence-electron chi connectivity index (χ1n) is 11.6. The van der Waals surface area contributed by atoms with Crippen molar-refractivity contribution in [1.29, 1.82) is 0 Å². The van der Waals surface area contributed by atoms with Gasteiger partial charge in [0.15, 0.2) is 11.5 Å². The number of rotatable bonds is 7. The minimum absolute atomic E-state index is 0.0975. The molecule has 0 unspecified atom stereocenters. The Morgan fingerprint density at radius 3 is 2.43 bits per heavy atom. The van der Waals surface area contributed by atoms with Crippen molar-refractivity contribution in [2.45, 2.75) is 32.2 Å². The van der Waals surface area contributed by atoms with Gasteiger partial charge in [0.25, 0.3) is 11.5 Å². The fourth-order valence-electron chi connectivity index (χ4n) is 4.18. The second-order valence-electron chi connectivity index (χ2n) is 8.88. The second kappa shape index (κ2) is 9.25. The minimum atomic E-state index is -0.312. The van der Waals surface area contributed by atoms with E-state index in [0.717, 1.165) is 24.2 Å². The van der Waals surface area contributed by atoms with Gasteiger partial charge in [-0.25, -0.2) is 4.98 Å². The summed E-state index contributed by atoms with van der Waals surface area (Å²) >= 11 is 0. The lowest BCUT2D eigenvalue weighted by molar-refractivity contribution is 0.102. The molecule has 1 heterocycles. The summed E-state index contributed by atoms with van der Waals surface area (Å²) in [5.74, 6) is 1.86. The molecule has 1 amide bonds. The van der Waals surface area contributed by atoms with Crippen LogP contribution in [0.2, 0.25) is 0 Å². The highest BCUT2D eigenvalue weighted by atomic mass is 16.5. The van der Waals surface area contributed by atoms with Crippen LogP contribution in [-0.2, 0) is 6.54 Å². The summed E-state index contributed by atoms with van der Waals surface area (Å²) in [4.78, 5) is 31.3. The lowest BCUT2D eigenvalue weighted by atomic mass is 10.1. The number of aryl methyl sites for hydroxylation is 1. The Kier molecular flexibility index (Phi) is 5.99. The fourth-order valence-corrected chi connectivity index (χ4v) is 4.18. The van der Waals surface area contributed by atoms with Crippen LogP contribution in [0.5, 0.6) is 11.5 Å². The molecule has 7 nitrogen and oxygen atoms in total. The lowest BCUT2D eigenvalue weighted by Gasteiger charge is -2.14. The molecule has 0 radical (unpaired) electrons. The number of methoxy groups -OCH3 is 2. The zero-order valence-electron chi connectivity index (χ0n) is 20.0. The third-order valence-corrected chi connectivity index (χ3v) is 6.29. The number of carbonyl (C=O) groups excluding carboxylic acids is 1. The molecular formula is C28H27N3O4. The molecule has 1 aromatic heterocycles. The molecule has 3 aromatic carbocycles. The van der Waals surface area contributed by atoms with Crippen molar-refractivity contribution >= 4 is 22.5 Å². The maximum Gasteiger partial charge on any atom is 0.261 e. The van der Waals surface area contributed by atoms with Crippen LogP contribution in [0.3, 0.4) is 0 Å². The van der Waals surface area contributed by atoms with E-state index >= 15 is 0 Å². The van der Waals surface area contributed by atoms with Crippen LogP contribution in [0.15, 0.2) is 65.5 Å². The number of fused-ring (bicyclic) bond motifs is 1. The summed E-state index contributed by atoms with van der Waals surface area (Å²) < 4.78 is 12.3. The van der Waals surface area contributed by atoms with E-state index in [1.165, 1.54) is 12.7 Å². The number of amides is 1. The number of nitrogens with zero attached hydrogens (tertiary/aromatic N) is 2. The minimum Gasteiger partial charge on any atom is -0.493 e. The Hall–Kier alpha value is -4.13. The van der Waals surface area contributed by atoms with Crippen LogP contribution in [0.4, 0.5) is 5.69 Å². The van der Waals surface area contributed by atoms with Crippen LogP contribution in [-0.4, -0.2) is 29.7 Å². The van der Waals surface area contributed by atoms with Gasteiger partial charge in [-0.2, -0.15) is 0 Å². The van der Waals surface area contributed by atoms with Gasteiger partial charge in [0.05, 0.1) is 31.7 Å². The first-order valence-corrected chi connectivity index (χ1v) is 11.6. The average molecular weight is 470 g/mol. The van der Waals surface area contributed by atoms with E-state index in [4.69, 9.17) is 14.5 Å². The normalized spacial score (nSPS) is 13.0. The molecular weight excluding hydrogens is 442 g/mol. The number of benzene rings is 3. The number of aromatic nitrogens is 2. The smallest absolute Gasteiger partial charge is 0.261 e. The van der Waals surface area contributed by atoms with Crippen molar-refractivity contribution in [3.8, 4) is 11.5 Å². The van der Waals surface area contributed by atoms with Gasteiger partial charge in [0.1, 0.15) is 5.82 Å². The van der Waals surface area contributed by atoms with Gasteiger partial charge in [0.2, 0.25) is 0 Å². The van der Waals surface area contributed by atoms with E-state index in [1.807, 2.05) is 31.2 Å². The van der Waals surface area contributed by atoms with Gasteiger partial charge in [0, 0.05) is 17.2 Å². The summed E-state index contributed by atoms with van der Waals surface area (Å²) in [7, 11) is 3.06. The topological polar surface area (TPSA) is 82.5 Å². The maximum absolute atomic E-state index is 13.6. The van der Waals surface area contributed by atoms with Crippen molar-refractivity contribution in [3.63, 3.8) is 0 Å². The number of ether oxygens (including phenoxy) is 2. The Bertz CT molecular complexity index is 1470. The second-order valence-corrected chi connectivity index (χ2v) is 8.88. The predicted molar refractivity (Wildman–Crippen MR) is 136 cm³/mol. The molecule has 35 heavy (non-hydrogen) atoms. The van der Waals surface area contributed by atoms with E-state index < -0.39 is 0 Å². The molecule has 1 N–H and O–H groups in total. The molecule has 5 rings (SSSR count). The van der Waals surface area contributed by atoms with E-state index in [2.05, 4.69) is 5.32 Å². The molecule has 0 spiro atoms. The van der Waals surface area contributed by atoms with E-state index in [1.54, 1.807) is 48.1 Å². The van der Waals surface area contributed by atoms with Gasteiger partial charge in [-0.15, -0.1) is 0 Å². The zero-order valence-corrected chi connectivity index (χ0v) is 20.0. The Labute approximate surface area is 203 Å². The Morgan fingerprint density at radius 1 is 1.00 bits per heavy atom.